The normalized spacial score (nSPS) is 20.8. The number of thioether (sulfide) groups is 1. The number of anilines is 2. The second kappa shape index (κ2) is 8.61. The van der Waals surface area contributed by atoms with Crippen LogP contribution in [0.3, 0.4) is 0 Å². The molecule has 2 N–H and O–H groups in total. The van der Waals surface area contributed by atoms with Gasteiger partial charge in [0, 0.05) is 12.1 Å². The minimum absolute atomic E-state index is 0.121. The van der Waals surface area contributed by atoms with Crippen LogP contribution in [0.4, 0.5) is 20.8 Å². The van der Waals surface area contributed by atoms with Gasteiger partial charge >= 0.3 is 6.09 Å². The van der Waals surface area contributed by atoms with Crippen molar-refractivity contribution in [3.05, 3.63) is 52.2 Å². The predicted octanol–water partition coefficient (Wildman–Crippen LogP) is 2.42. The Morgan fingerprint density at radius 1 is 1.20 bits per heavy atom. The van der Waals surface area contributed by atoms with Crippen LogP contribution in [0.15, 0.2) is 40.2 Å². The number of nitrogens with zero attached hydrogens (tertiary/aromatic N) is 4. The zero-order chi connectivity index (χ0) is 24.1. The van der Waals surface area contributed by atoms with E-state index in [4.69, 9.17) is 4.74 Å². The van der Waals surface area contributed by atoms with Crippen molar-refractivity contribution in [2.24, 2.45) is 0 Å². The summed E-state index contributed by atoms with van der Waals surface area (Å²) in [5, 5.41) is 6.07. The molecule has 35 heavy (non-hydrogen) atoms. The van der Waals surface area contributed by atoms with Crippen molar-refractivity contribution in [1.29, 1.82) is 0 Å². The number of halogens is 1. The average molecular weight is 497 g/mol. The Morgan fingerprint density at radius 3 is 2.97 bits per heavy atom. The Morgan fingerprint density at radius 2 is 2.09 bits per heavy atom. The van der Waals surface area contributed by atoms with E-state index >= 15 is 0 Å². The SMILES string of the molecule is O=C1CSc2ccc(N3C[C@H](CCCN[C@H]4Cn5c(=O)cnc6ccc(F)c4c65)OC3=O)nc2N1. The lowest BCUT2D eigenvalue weighted by molar-refractivity contribution is -0.113. The van der Waals surface area contributed by atoms with Crippen LogP contribution >= 0.6 is 11.8 Å². The summed E-state index contributed by atoms with van der Waals surface area (Å²) in [7, 11) is 0. The number of carbonyl (C=O) groups is 2. The summed E-state index contributed by atoms with van der Waals surface area (Å²) in [6.07, 6.45) is 1.78. The van der Waals surface area contributed by atoms with Crippen molar-refractivity contribution in [3.63, 3.8) is 0 Å². The molecule has 2 aromatic heterocycles. The van der Waals surface area contributed by atoms with Crippen LogP contribution in [-0.4, -0.2) is 51.5 Å². The Hall–Kier alpha value is -3.51. The maximum atomic E-state index is 14.6. The van der Waals surface area contributed by atoms with Crippen LogP contribution in [-0.2, 0) is 16.1 Å². The maximum Gasteiger partial charge on any atom is 0.415 e. The summed E-state index contributed by atoms with van der Waals surface area (Å²) >= 11 is 1.41. The number of pyridine rings is 1. The number of cyclic esters (lactones) is 1. The summed E-state index contributed by atoms with van der Waals surface area (Å²) in [6, 6.07) is 6.22. The van der Waals surface area contributed by atoms with Gasteiger partial charge in [-0.1, -0.05) is 0 Å². The smallest absolute Gasteiger partial charge is 0.415 e. The molecule has 10 nitrogen and oxygen atoms in total. The van der Waals surface area contributed by atoms with E-state index in [-0.39, 0.29) is 29.4 Å². The van der Waals surface area contributed by atoms with Gasteiger partial charge in [0.15, 0.2) is 0 Å². The summed E-state index contributed by atoms with van der Waals surface area (Å²) in [4.78, 5) is 47.2. The van der Waals surface area contributed by atoms with E-state index in [1.54, 1.807) is 16.7 Å². The standard InChI is InChI=1S/C23H21FN6O4S/c24-13-3-4-14-21-20(13)15(10-30(21)19(32)8-26-14)25-7-1-2-12-9-29(23(33)34-12)17-6-5-16-22(27-17)28-18(31)11-35-16/h3-6,8,12,15,25H,1-2,7,9-11H2,(H,27,28,31)/t12-,15-/m0/s1. The van der Waals surface area contributed by atoms with E-state index < -0.39 is 6.09 Å². The van der Waals surface area contributed by atoms with Gasteiger partial charge < -0.3 is 19.9 Å². The Kier molecular flexibility index (Phi) is 5.41. The lowest BCUT2D eigenvalue weighted by Gasteiger charge is -2.18. The predicted molar refractivity (Wildman–Crippen MR) is 127 cm³/mol. The van der Waals surface area contributed by atoms with Crippen LogP contribution in [0.2, 0.25) is 0 Å². The number of amides is 2. The molecule has 6 rings (SSSR count). The highest BCUT2D eigenvalue weighted by molar-refractivity contribution is 8.00. The molecule has 12 heteroatoms. The van der Waals surface area contributed by atoms with E-state index in [1.807, 2.05) is 6.07 Å². The molecular formula is C23H21FN6O4S. The molecule has 1 fully saturated rings. The van der Waals surface area contributed by atoms with E-state index in [9.17, 15) is 18.8 Å². The Labute approximate surface area is 202 Å². The fourth-order valence-corrected chi connectivity index (χ4v) is 5.54. The number of nitrogens with one attached hydrogen (secondary N) is 2. The van der Waals surface area contributed by atoms with Crippen molar-refractivity contribution in [1.82, 2.24) is 19.9 Å². The molecule has 3 aliphatic rings. The number of hydrogen-bond acceptors (Lipinski definition) is 8. The quantitative estimate of drug-likeness (QED) is 0.500. The second-order valence-electron chi connectivity index (χ2n) is 8.65. The first-order valence-corrected chi connectivity index (χ1v) is 12.3. The topological polar surface area (TPSA) is 118 Å². The van der Waals surface area contributed by atoms with E-state index in [2.05, 4.69) is 20.6 Å². The minimum Gasteiger partial charge on any atom is -0.444 e. The summed E-state index contributed by atoms with van der Waals surface area (Å²) in [6.45, 7) is 1.26. The number of hydrogen-bond donors (Lipinski definition) is 2. The first kappa shape index (κ1) is 22.0. The lowest BCUT2D eigenvalue weighted by Crippen LogP contribution is -2.28. The van der Waals surface area contributed by atoms with Gasteiger partial charge in [-0.3, -0.25) is 14.5 Å². The van der Waals surface area contributed by atoms with Gasteiger partial charge in [-0.25, -0.2) is 19.2 Å². The van der Waals surface area contributed by atoms with E-state index in [0.717, 1.165) is 4.90 Å². The molecule has 0 spiro atoms. The summed E-state index contributed by atoms with van der Waals surface area (Å²) < 4.78 is 21.7. The Balaban J connectivity index is 1.06. The van der Waals surface area contributed by atoms with E-state index in [1.165, 1.54) is 28.9 Å². The van der Waals surface area contributed by atoms with Crippen molar-refractivity contribution >= 4 is 46.4 Å². The molecule has 3 aromatic rings. The molecule has 0 aliphatic carbocycles. The van der Waals surface area contributed by atoms with Crippen molar-refractivity contribution in [2.75, 3.05) is 29.1 Å². The van der Waals surface area contributed by atoms with Crippen molar-refractivity contribution < 1.29 is 18.7 Å². The molecular weight excluding hydrogens is 475 g/mol. The largest absolute Gasteiger partial charge is 0.444 e. The molecule has 1 saturated heterocycles. The number of benzene rings is 1. The van der Waals surface area contributed by atoms with E-state index in [0.29, 0.717) is 66.5 Å². The highest BCUT2D eigenvalue weighted by atomic mass is 32.2. The second-order valence-corrected chi connectivity index (χ2v) is 9.67. The molecule has 5 heterocycles. The Bertz CT molecular complexity index is 1430. The zero-order valence-corrected chi connectivity index (χ0v) is 19.3. The summed E-state index contributed by atoms with van der Waals surface area (Å²) in [5.41, 5.74) is 1.36. The molecule has 0 radical (unpaired) electrons. The van der Waals surface area contributed by atoms with Gasteiger partial charge in [0.25, 0.3) is 5.56 Å². The van der Waals surface area contributed by atoms with Crippen molar-refractivity contribution in [3.8, 4) is 0 Å². The van der Waals surface area contributed by atoms with Crippen LogP contribution in [0.5, 0.6) is 0 Å². The molecule has 0 unspecified atom stereocenters. The molecule has 0 saturated carbocycles. The number of fused-ring (bicyclic) bond motifs is 1. The van der Waals surface area contributed by atoms with Gasteiger partial charge in [-0.2, -0.15) is 0 Å². The zero-order valence-electron chi connectivity index (χ0n) is 18.5. The molecule has 3 aliphatic heterocycles. The molecule has 2 atom stereocenters. The molecule has 0 bridgehead atoms. The third-order valence-corrected chi connectivity index (χ3v) is 7.46. The average Bonchev–Trinajstić information content (AvgIpc) is 3.42. The molecule has 180 valence electrons. The first-order chi connectivity index (χ1) is 17.0. The van der Waals surface area contributed by atoms with Crippen LogP contribution < -0.4 is 21.1 Å². The third kappa shape index (κ3) is 3.92. The highest BCUT2D eigenvalue weighted by Gasteiger charge is 2.34. The fourth-order valence-electron chi connectivity index (χ4n) is 4.79. The monoisotopic (exact) mass is 496 g/mol. The van der Waals surface area contributed by atoms with Crippen molar-refractivity contribution in [2.45, 2.75) is 36.4 Å². The lowest BCUT2D eigenvalue weighted by atomic mass is 10.1. The summed E-state index contributed by atoms with van der Waals surface area (Å²) in [5.74, 6) is 0.755. The number of carbonyl (C=O) groups excluding carboxylic acids is 2. The minimum atomic E-state index is -0.475. The number of ether oxygens (including phenoxy) is 1. The third-order valence-electron chi connectivity index (χ3n) is 6.41. The van der Waals surface area contributed by atoms with Crippen LogP contribution in [0, 0.1) is 5.82 Å². The van der Waals surface area contributed by atoms with Gasteiger partial charge in [0.05, 0.1) is 40.5 Å². The van der Waals surface area contributed by atoms with Gasteiger partial charge in [0.2, 0.25) is 5.91 Å². The molecule has 2 amide bonds. The van der Waals surface area contributed by atoms with Gasteiger partial charge in [-0.05, 0) is 43.7 Å². The fraction of sp³-hybridized carbons (Fsp3) is 0.348. The van der Waals surface area contributed by atoms with Gasteiger partial charge in [0.1, 0.15) is 23.6 Å². The maximum absolute atomic E-state index is 14.6. The first-order valence-electron chi connectivity index (χ1n) is 11.3. The van der Waals surface area contributed by atoms with Crippen LogP contribution in [0.1, 0.15) is 24.4 Å². The van der Waals surface area contributed by atoms with Gasteiger partial charge in [-0.15, -0.1) is 11.8 Å². The number of aromatic nitrogens is 3. The highest BCUT2D eigenvalue weighted by Crippen LogP contribution is 2.34. The van der Waals surface area contributed by atoms with Crippen LogP contribution in [0.25, 0.3) is 11.0 Å². The number of rotatable bonds is 6. The molecule has 1 aromatic carbocycles.